The first-order chi connectivity index (χ1) is 26.0. The van der Waals surface area contributed by atoms with Crippen LogP contribution in [0.5, 0.6) is 0 Å². The zero-order chi connectivity index (χ0) is 38.1. The average Bonchev–Trinajstić information content (AvgIpc) is 3.17. The fraction of sp³-hybridized carbons (Fsp3) is 0.238. The molecule has 0 spiro atoms. The summed E-state index contributed by atoms with van der Waals surface area (Å²) in [6.45, 7) is 3.29. The number of hydrogen-bond donors (Lipinski definition) is 4. The number of sulfonamides is 1. The summed E-state index contributed by atoms with van der Waals surface area (Å²) in [6.07, 6.45) is -0.570. The third-order valence-electron chi connectivity index (χ3n) is 8.88. The standard InChI is InChI=1S/C42H43N3O7S2/c1-28-11-21-38(22-12-28)54(49,50)45-39(23-30-7-4-3-5-8-30)41(48)44-35-10-6-9-33(24-35)42-51-36(25-40(52-42)32-15-13-31(26-46)14-16-32)27-53-37-19-17-34(18-20-37)43-29(2)47/h3-22,24,36,39-40,42,45-46H,23,25-27H2,1-2H3,(H,43,47)(H,44,48). The molecule has 0 aromatic heterocycles. The van der Waals surface area contributed by atoms with Crippen molar-refractivity contribution in [2.75, 3.05) is 16.4 Å². The predicted octanol–water partition coefficient (Wildman–Crippen LogP) is 7.31. The van der Waals surface area contributed by atoms with E-state index in [0.29, 0.717) is 23.4 Å². The SMILES string of the molecule is CC(=O)Nc1ccc(SCC2CC(c3ccc(CO)cc3)OC(c3cccc(NC(=O)C(Cc4ccccc4)NS(=O)(=O)c4ccc(C)cc4)c3)O2)cc1. The lowest BCUT2D eigenvalue weighted by Gasteiger charge is -2.36. The van der Waals surface area contributed by atoms with Gasteiger partial charge in [-0.1, -0.05) is 84.4 Å². The number of aliphatic hydroxyl groups excluding tert-OH is 1. The highest BCUT2D eigenvalue weighted by Gasteiger charge is 2.33. The second-order valence-electron chi connectivity index (χ2n) is 13.2. The lowest BCUT2D eigenvalue weighted by Crippen LogP contribution is -2.45. The molecule has 4 N–H and O–H groups in total. The molecule has 1 aliphatic heterocycles. The minimum Gasteiger partial charge on any atom is -0.392 e. The number of nitrogens with one attached hydrogen (secondary N) is 3. The lowest BCUT2D eigenvalue weighted by molar-refractivity contribution is -0.245. The normalized spacial score (nSPS) is 17.7. The van der Waals surface area contributed by atoms with Gasteiger partial charge in [-0.05, 0) is 78.6 Å². The minimum atomic E-state index is -4.02. The Morgan fingerprint density at radius 3 is 2.20 bits per heavy atom. The maximum atomic E-state index is 13.9. The molecule has 10 nitrogen and oxygen atoms in total. The topological polar surface area (TPSA) is 143 Å². The van der Waals surface area contributed by atoms with Crippen LogP contribution >= 0.6 is 11.8 Å². The van der Waals surface area contributed by atoms with Crippen LogP contribution in [-0.4, -0.2) is 43.2 Å². The fourth-order valence-corrected chi connectivity index (χ4v) is 8.17. The van der Waals surface area contributed by atoms with Gasteiger partial charge in [0.25, 0.3) is 0 Å². The Labute approximate surface area is 320 Å². The number of ether oxygens (including phenoxy) is 2. The van der Waals surface area contributed by atoms with Gasteiger partial charge in [0.2, 0.25) is 21.8 Å². The summed E-state index contributed by atoms with van der Waals surface area (Å²) < 4.78 is 42.5. The summed E-state index contributed by atoms with van der Waals surface area (Å²) in [5.74, 6) is -0.0187. The highest BCUT2D eigenvalue weighted by Crippen LogP contribution is 2.40. The number of anilines is 2. The second-order valence-corrected chi connectivity index (χ2v) is 16.0. The summed E-state index contributed by atoms with van der Waals surface area (Å²) in [4.78, 5) is 26.4. The number of carbonyl (C=O) groups excluding carboxylic acids is 2. The summed E-state index contributed by atoms with van der Waals surface area (Å²) >= 11 is 1.63. The van der Waals surface area contributed by atoms with E-state index >= 15 is 0 Å². The van der Waals surface area contributed by atoms with Gasteiger partial charge in [0.15, 0.2) is 6.29 Å². The van der Waals surface area contributed by atoms with Crippen molar-refractivity contribution in [3.8, 4) is 0 Å². The maximum absolute atomic E-state index is 13.9. The molecule has 0 radical (unpaired) electrons. The van der Waals surface area contributed by atoms with Crippen molar-refractivity contribution in [2.24, 2.45) is 0 Å². The smallest absolute Gasteiger partial charge is 0.242 e. The summed E-state index contributed by atoms with van der Waals surface area (Å²) in [6, 6.07) is 37.1. The molecule has 1 saturated heterocycles. The second kappa shape index (κ2) is 18.0. The van der Waals surface area contributed by atoms with Gasteiger partial charge in [-0.3, -0.25) is 9.59 Å². The van der Waals surface area contributed by atoms with E-state index in [1.165, 1.54) is 19.1 Å². The van der Waals surface area contributed by atoms with Crippen LogP contribution in [-0.2, 0) is 42.1 Å². The Morgan fingerprint density at radius 2 is 1.52 bits per heavy atom. The largest absolute Gasteiger partial charge is 0.392 e. The Bertz CT molecular complexity index is 2130. The molecule has 5 aromatic rings. The number of carbonyl (C=O) groups is 2. The van der Waals surface area contributed by atoms with Crippen molar-refractivity contribution in [2.45, 2.75) is 67.6 Å². The predicted molar refractivity (Wildman–Crippen MR) is 210 cm³/mol. The quantitative estimate of drug-likeness (QED) is 0.0863. The number of thioether (sulfide) groups is 1. The van der Waals surface area contributed by atoms with Crippen LogP contribution in [0.4, 0.5) is 11.4 Å². The van der Waals surface area contributed by atoms with Crippen LogP contribution in [0, 0.1) is 6.92 Å². The van der Waals surface area contributed by atoms with E-state index < -0.39 is 28.3 Å². The molecule has 4 atom stereocenters. The van der Waals surface area contributed by atoms with Crippen molar-refractivity contribution in [3.63, 3.8) is 0 Å². The van der Waals surface area contributed by atoms with Crippen molar-refractivity contribution in [1.82, 2.24) is 4.72 Å². The molecule has 54 heavy (non-hydrogen) atoms. The molecule has 5 aromatic carbocycles. The van der Waals surface area contributed by atoms with Crippen molar-refractivity contribution >= 4 is 45.0 Å². The van der Waals surface area contributed by atoms with E-state index in [1.54, 1.807) is 42.1 Å². The molecule has 0 bridgehead atoms. The Kier molecular flexibility index (Phi) is 13.0. The van der Waals surface area contributed by atoms with Crippen LogP contribution in [0.25, 0.3) is 0 Å². The van der Waals surface area contributed by atoms with Crippen molar-refractivity contribution in [3.05, 3.63) is 155 Å². The molecule has 280 valence electrons. The number of hydrogen-bond acceptors (Lipinski definition) is 8. The third kappa shape index (κ3) is 10.7. The van der Waals surface area contributed by atoms with E-state index in [0.717, 1.165) is 32.8 Å². The van der Waals surface area contributed by atoms with Gasteiger partial charge in [-0.15, -0.1) is 11.8 Å². The van der Waals surface area contributed by atoms with Crippen LogP contribution in [0.3, 0.4) is 0 Å². The molecule has 1 aliphatic rings. The molecular weight excluding hydrogens is 723 g/mol. The Balaban J connectivity index is 1.20. The van der Waals surface area contributed by atoms with Gasteiger partial charge >= 0.3 is 0 Å². The van der Waals surface area contributed by atoms with Gasteiger partial charge in [0.05, 0.1) is 23.7 Å². The third-order valence-corrected chi connectivity index (χ3v) is 11.5. The summed E-state index contributed by atoms with van der Waals surface area (Å²) in [5, 5.41) is 15.3. The van der Waals surface area contributed by atoms with Crippen LogP contribution in [0.15, 0.2) is 137 Å². The average molecular weight is 766 g/mol. The minimum absolute atomic E-state index is 0.0599. The summed E-state index contributed by atoms with van der Waals surface area (Å²) in [5.41, 5.74) is 5.33. The monoisotopic (exact) mass is 765 g/mol. The molecule has 1 fully saturated rings. The Hall–Kier alpha value is -4.82. The molecule has 4 unspecified atom stereocenters. The van der Waals surface area contributed by atoms with Crippen molar-refractivity contribution < 1.29 is 32.6 Å². The summed E-state index contributed by atoms with van der Waals surface area (Å²) in [7, 11) is -4.02. The fourth-order valence-electron chi connectivity index (χ4n) is 6.05. The van der Waals surface area contributed by atoms with E-state index in [9.17, 15) is 23.1 Å². The highest BCUT2D eigenvalue weighted by molar-refractivity contribution is 7.99. The first-order valence-electron chi connectivity index (χ1n) is 17.6. The van der Waals surface area contributed by atoms with E-state index in [2.05, 4.69) is 15.4 Å². The zero-order valence-corrected chi connectivity index (χ0v) is 31.6. The van der Waals surface area contributed by atoms with Gasteiger partial charge in [-0.2, -0.15) is 4.72 Å². The molecular formula is C42H43N3O7S2. The molecule has 6 rings (SSSR count). The van der Waals surface area contributed by atoms with Crippen LogP contribution in [0.2, 0.25) is 0 Å². The molecule has 1 heterocycles. The first kappa shape index (κ1) is 38.9. The number of rotatable bonds is 14. The molecule has 0 saturated carbocycles. The highest BCUT2D eigenvalue weighted by atomic mass is 32.2. The van der Waals surface area contributed by atoms with E-state index in [4.69, 9.17) is 9.47 Å². The van der Waals surface area contributed by atoms with Gasteiger partial charge in [0.1, 0.15) is 6.04 Å². The van der Waals surface area contributed by atoms with Crippen molar-refractivity contribution in [1.29, 1.82) is 0 Å². The van der Waals surface area contributed by atoms with E-state index in [-0.39, 0.29) is 36.0 Å². The Morgan fingerprint density at radius 1 is 0.796 bits per heavy atom. The maximum Gasteiger partial charge on any atom is 0.242 e. The molecule has 0 aliphatic carbocycles. The number of benzene rings is 5. The number of aryl methyl sites for hydroxylation is 1. The molecule has 2 amide bonds. The first-order valence-corrected chi connectivity index (χ1v) is 20.1. The lowest BCUT2D eigenvalue weighted by atomic mass is 10.0. The van der Waals surface area contributed by atoms with Crippen LogP contribution in [0.1, 0.15) is 53.6 Å². The molecule has 12 heteroatoms. The zero-order valence-electron chi connectivity index (χ0n) is 30.0. The number of aliphatic hydroxyl groups is 1. The van der Waals surface area contributed by atoms with Gasteiger partial charge in [-0.25, -0.2) is 8.42 Å². The number of amides is 2. The van der Waals surface area contributed by atoms with Crippen LogP contribution < -0.4 is 15.4 Å². The van der Waals surface area contributed by atoms with Gasteiger partial charge in [0, 0.05) is 40.9 Å². The van der Waals surface area contributed by atoms with E-state index in [1.807, 2.05) is 91.9 Å². The van der Waals surface area contributed by atoms with Gasteiger partial charge < -0.3 is 25.2 Å².